The van der Waals surface area contributed by atoms with Gasteiger partial charge in [-0.1, -0.05) is 0 Å². The van der Waals surface area contributed by atoms with Crippen molar-refractivity contribution in [2.75, 3.05) is 5.32 Å². The minimum absolute atomic E-state index is 0.0592. The van der Waals surface area contributed by atoms with Crippen molar-refractivity contribution in [3.8, 4) is 0 Å². The number of benzene rings is 1. The number of nitro groups is 2. The number of carbonyl (C=O) groups is 2. The molecule has 0 aliphatic carbocycles. The topological polar surface area (TPSA) is 160 Å². The van der Waals surface area contributed by atoms with Gasteiger partial charge in [-0.15, -0.1) is 0 Å². The first kappa shape index (κ1) is 24.2. The van der Waals surface area contributed by atoms with Gasteiger partial charge in [-0.05, 0) is 26.8 Å². The Morgan fingerprint density at radius 1 is 1.22 bits per heavy atom. The Labute approximate surface area is 177 Å². The van der Waals surface area contributed by atoms with Gasteiger partial charge in [0.2, 0.25) is 0 Å². The van der Waals surface area contributed by atoms with E-state index in [-0.39, 0.29) is 23.1 Å². The van der Waals surface area contributed by atoms with Gasteiger partial charge in [0.1, 0.15) is 17.9 Å². The van der Waals surface area contributed by atoms with Crippen LogP contribution >= 0.6 is 0 Å². The maximum absolute atomic E-state index is 13.2. The third kappa shape index (κ3) is 5.35. The van der Waals surface area contributed by atoms with Crippen molar-refractivity contribution in [2.45, 2.75) is 39.6 Å². The molecule has 172 valence electrons. The monoisotopic (exact) mass is 459 g/mol. The van der Waals surface area contributed by atoms with Gasteiger partial charge >= 0.3 is 17.8 Å². The fraction of sp³-hybridized carbons (Fsp3) is 0.353. The Hall–Kier alpha value is -4.04. The third-order valence-electron chi connectivity index (χ3n) is 4.26. The first-order chi connectivity index (χ1) is 14.7. The zero-order valence-corrected chi connectivity index (χ0v) is 16.8. The van der Waals surface area contributed by atoms with Crippen LogP contribution in [-0.2, 0) is 27.0 Å². The van der Waals surface area contributed by atoms with Crippen molar-refractivity contribution in [1.29, 1.82) is 0 Å². The molecule has 0 saturated carbocycles. The molecule has 0 spiro atoms. The Kier molecular flexibility index (Phi) is 6.81. The van der Waals surface area contributed by atoms with E-state index in [2.05, 4.69) is 5.10 Å². The molecule has 2 aromatic rings. The summed E-state index contributed by atoms with van der Waals surface area (Å²) in [4.78, 5) is 44.3. The Morgan fingerprint density at radius 3 is 2.34 bits per heavy atom. The van der Waals surface area contributed by atoms with E-state index < -0.39 is 57.5 Å². The summed E-state index contributed by atoms with van der Waals surface area (Å²) >= 11 is 0. The lowest BCUT2D eigenvalue weighted by Crippen LogP contribution is -2.32. The second-order valence-electron chi connectivity index (χ2n) is 6.54. The van der Waals surface area contributed by atoms with Crippen LogP contribution in [0.15, 0.2) is 18.2 Å². The quantitative estimate of drug-likeness (QED) is 0.376. The molecule has 0 bridgehead atoms. The highest BCUT2D eigenvalue weighted by molar-refractivity contribution is 5.96. The Morgan fingerprint density at radius 2 is 1.84 bits per heavy atom. The lowest BCUT2D eigenvalue weighted by molar-refractivity contribution is -0.386. The summed E-state index contributed by atoms with van der Waals surface area (Å²) in [7, 11) is 0. The van der Waals surface area contributed by atoms with Gasteiger partial charge in [0.15, 0.2) is 6.10 Å². The highest BCUT2D eigenvalue weighted by Gasteiger charge is 2.36. The number of ether oxygens (including phenoxy) is 1. The van der Waals surface area contributed by atoms with Crippen LogP contribution in [0.2, 0.25) is 0 Å². The number of aromatic nitrogens is 2. The van der Waals surface area contributed by atoms with Crippen LogP contribution in [0.25, 0.3) is 0 Å². The van der Waals surface area contributed by atoms with E-state index >= 15 is 0 Å². The van der Waals surface area contributed by atoms with E-state index in [1.165, 1.54) is 13.8 Å². The second kappa shape index (κ2) is 8.99. The molecule has 32 heavy (non-hydrogen) atoms. The van der Waals surface area contributed by atoms with Crippen molar-refractivity contribution in [3.63, 3.8) is 0 Å². The number of hydrogen-bond acceptors (Lipinski definition) is 8. The molecular formula is C17H16F3N5O7. The van der Waals surface area contributed by atoms with Crippen LogP contribution in [0.1, 0.15) is 23.9 Å². The number of nitrogens with one attached hydrogen (secondary N) is 1. The molecule has 1 aromatic heterocycles. The standard InChI is InChI=1S/C17H16F3N5O7/c1-8-15(25(30)31)9(2)23(22-8)7-14(26)32-10(3)16(27)21-13-5-4-11(24(28)29)6-12(13)17(18,19)20/h4-6,10H,7H2,1-3H3,(H,21,27). The summed E-state index contributed by atoms with van der Waals surface area (Å²) in [5.74, 6) is -2.15. The average Bonchev–Trinajstić information content (AvgIpc) is 2.93. The number of nitro benzene ring substituents is 1. The molecule has 0 radical (unpaired) electrons. The maximum atomic E-state index is 13.2. The fourth-order valence-electron chi connectivity index (χ4n) is 2.74. The van der Waals surface area contributed by atoms with E-state index in [9.17, 15) is 43.0 Å². The average molecular weight is 459 g/mol. The number of carbonyl (C=O) groups excluding carboxylic acids is 2. The number of rotatable bonds is 7. The smallest absolute Gasteiger partial charge is 0.418 e. The van der Waals surface area contributed by atoms with Crippen molar-refractivity contribution in [3.05, 3.63) is 55.4 Å². The number of alkyl halides is 3. The molecule has 0 aliphatic rings. The van der Waals surface area contributed by atoms with Crippen LogP contribution in [-0.4, -0.2) is 37.6 Å². The highest BCUT2D eigenvalue weighted by atomic mass is 19.4. The predicted octanol–water partition coefficient (Wildman–Crippen LogP) is 2.91. The van der Waals surface area contributed by atoms with Crippen LogP contribution in [0.3, 0.4) is 0 Å². The van der Waals surface area contributed by atoms with Crippen LogP contribution in [0, 0.1) is 34.1 Å². The fourth-order valence-corrected chi connectivity index (χ4v) is 2.74. The first-order valence-electron chi connectivity index (χ1n) is 8.76. The summed E-state index contributed by atoms with van der Waals surface area (Å²) in [5, 5.41) is 27.5. The third-order valence-corrected chi connectivity index (χ3v) is 4.26. The van der Waals surface area contributed by atoms with Gasteiger partial charge in [-0.2, -0.15) is 18.3 Å². The first-order valence-corrected chi connectivity index (χ1v) is 8.76. The maximum Gasteiger partial charge on any atom is 0.418 e. The zero-order chi connectivity index (χ0) is 24.4. The minimum atomic E-state index is -5.00. The molecule has 15 heteroatoms. The van der Waals surface area contributed by atoms with Crippen molar-refractivity contribution in [1.82, 2.24) is 9.78 Å². The second-order valence-corrected chi connectivity index (χ2v) is 6.54. The van der Waals surface area contributed by atoms with Gasteiger partial charge < -0.3 is 10.1 Å². The molecule has 2 rings (SSSR count). The summed E-state index contributed by atoms with van der Waals surface area (Å²) < 4.78 is 45.5. The summed E-state index contributed by atoms with van der Waals surface area (Å²) in [5.41, 5.74) is -3.19. The molecule has 1 atom stereocenters. The SMILES string of the molecule is Cc1nn(CC(=O)OC(C)C(=O)Nc2ccc([N+](=O)[O-])cc2C(F)(F)F)c(C)c1[N+](=O)[O-]. The Balaban J connectivity index is 2.12. The van der Waals surface area contributed by atoms with Crippen LogP contribution in [0.4, 0.5) is 30.2 Å². The van der Waals surface area contributed by atoms with E-state index in [0.717, 1.165) is 17.7 Å². The minimum Gasteiger partial charge on any atom is -0.451 e. The van der Waals surface area contributed by atoms with E-state index in [0.29, 0.717) is 6.07 Å². The number of halogens is 3. The molecule has 1 N–H and O–H groups in total. The van der Waals surface area contributed by atoms with Gasteiger partial charge in [0.25, 0.3) is 11.6 Å². The highest BCUT2D eigenvalue weighted by Crippen LogP contribution is 2.37. The molecule has 1 heterocycles. The number of anilines is 1. The van der Waals surface area contributed by atoms with Crippen molar-refractivity contribution in [2.24, 2.45) is 0 Å². The molecule has 1 unspecified atom stereocenters. The number of aryl methyl sites for hydroxylation is 1. The lowest BCUT2D eigenvalue weighted by Gasteiger charge is -2.17. The van der Waals surface area contributed by atoms with Gasteiger partial charge in [-0.25, -0.2) is 0 Å². The molecule has 1 aromatic carbocycles. The number of non-ortho nitro benzene ring substituents is 1. The molecule has 0 aliphatic heterocycles. The predicted molar refractivity (Wildman–Crippen MR) is 101 cm³/mol. The van der Waals surface area contributed by atoms with E-state index in [4.69, 9.17) is 4.74 Å². The van der Waals surface area contributed by atoms with Crippen molar-refractivity contribution >= 4 is 28.9 Å². The zero-order valence-electron chi connectivity index (χ0n) is 16.8. The van der Waals surface area contributed by atoms with Gasteiger partial charge in [0, 0.05) is 12.1 Å². The van der Waals surface area contributed by atoms with Crippen LogP contribution in [0.5, 0.6) is 0 Å². The number of hydrogen-bond donors (Lipinski definition) is 1. The number of esters is 1. The van der Waals surface area contributed by atoms with Crippen molar-refractivity contribution < 1.29 is 37.3 Å². The number of amides is 1. The van der Waals surface area contributed by atoms with Gasteiger partial charge in [-0.3, -0.25) is 34.5 Å². The Bertz CT molecular complexity index is 1100. The molecule has 0 fully saturated rings. The number of nitrogens with zero attached hydrogens (tertiary/aromatic N) is 4. The van der Waals surface area contributed by atoms with E-state index in [1.807, 2.05) is 5.32 Å². The normalized spacial score (nSPS) is 12.2. The largest absolute Gasteiger partial charge is 0.451 e. The van der Waals surface area contributed by atoms with Crippen LogP contribution < -0.4 is 5.32 Å². The van der Waals surface area contributed by atoms with Gasteiger partial charge in [0.05, 0.1) is 21.1 Å². The molecule has 0 saturated heterocycles. The molecular weight excluding hydrogens is 443 g/mol. The summed E-state index contributed by atoms with van der Waals surface area (Å²) in [6.45, 7) is 3.24. The molecule has 1 amide bonds. The van der Waals surface area contributed by atoms with E-state index in [1.54, 1.807) is 0 Å². The lowest BCUT2D eigenvalue weighted by atomic mass is 10.1. The summed E-state index contributed by atoms with van der Waals surface area (Å²) in [6.07, 6.45) is -6.55. The molecule has 12 nitrogen and oxygen atoms in total. The summed E-state index contributed by atoms with van der Waals surface area (Å²) in [6, 6.07) is 1.75.